The summed E-state index contributed by atoms with van der Waals surface area (Å²) in [6.45, 7) is 3.24. The zero-order valence-electron chi connectivity index (χ0n) is 16.7. The molecule has 8 heteroatoms. The number of fused-ring (bicyclic) bond motifs is 1. The van der Waals surface area contributed by atoms with Gasteiger partial charge in [0.05, 0.1) is 13.7 Å². The molecule has 4 rings (SSSR count). The molecule has 1 aliphatic carbocycles. The van der Waals surface area contributed by atoms with Crippen LogP contribution in [-0.4, -0.2) is 46.4 Å². The average molecular weight is 390 g/mol. The molecule has 1 saturated heterocycles. The monoisotopic (exact) mass is 389 g/mol. The minimum absolute atomic E-state index is 0.328. The number of ether oxygens (including phenoxy) is 3. The van der Waals surface area contributed by atoms with Crippen LogP contribution in [0.15, 0.2) is 0 Å². The van der Waals surface area contributed by atoms with Crippen LogP contribution >= 0.6 is 0 Å². The van der Waals surface area contributed by atoms with Gasteiger partial charge in [-0.05, 0) is 43.9 Å². The fourth-order valence-corrected chi connectivity index (χ4v) is 3.86. The molecule has 0 aromatic carbocycles. The molecule has 2 aliphatic rings. The van der Waals surface area contributed by atoms with Crippen LogP contribution in [0.2, 0.25) is 0 Å². The number of nitrogens with two attached hydrogens (primary N) is 1. The highest BCUT2D eigenvalue weighted by Gasteiger charge is 2.22. The lowest BCUT2D eigenvalue weighted by Gasteiger charge is -2.21. The van der Waals surface area contributed by atoms with E-state index in [0.29, 0.717) is 41.5 Å². The van der Waals surface area contributed by atoms with Crippen molar-refractivity contribution in [2.75, 3.05) is 32.7 Å². The van der Waals surface area contributed by atoms with E-state index < -0.39 is 0 Å². The molecule has 0 spiro atoms. The van der Waals surface area contributed by atoms with Crippen molar-refractivity contribution in [1.82, 2.24) is 19.5 Å². The molecular formula is C20H31N5O3. The van der Waals surface area contributed by atoms with Gasteiger partial charge >= 0.3 is 6.01 Å². The zero-order valence-corrected chi connectivity index (χ0v) is 16.7. The highest BCUT2D eigenvalue weighted by molar-refractivity contribution is 5.83. The molecule has 3 heterocycles. The number of rotatable bonds is 10. The van der Waals surface area contributed by atoms with Gasteiger partial charge in [0.15, 0.2) is 17.0 Å². The van der Waals surface area contributed by atoms with Gasteiger partial charge in [-0.2, -0.15) is 15.0 Å². The van der Waals surface area contributed by atoms with E-state index in [0.717, 1.165) is 44.9 Å². The van der Waals surface area contributed by atoms with Gasteiger partial charge in [0, 0.05) is 19.8 Å². The fraction of sp³-hybridized carbons (Fsp3) is 0.750. The topological polar surface area (TPSA) is 97.3 Å². The lowest BCUT2D eigenvalue weighted by molar-refractivity contribution is 0.0506. The Bertz CT molecular complexity index is 784. The molecule has 154 valence electrons. The van der Waals surface area contributed by atoms with E-state index in [4.69, 9.17) is 19.9 Å². The van der Waals surface area contributed by atoms with Gasteiger partial charge in [-0.3, -0.25) is 4.57 Å². The van der Waals surface area contributed by atoms with Crippen LogP contribution in [-0.2, 0) is 11.3 Å². The maximum absolute atomic E-state index is 6.11. The van der Waals surface area contributed by atoms with Crippen LogP contribution in [0.1, 0.15) is 51.4 Å². The molecule has 1 saturated carbocycles. The van der Waals surface area contributed by atoms with Crippen molar-refractivity contribution < 1.29 is 14.2 Å². The zero-order chi connectivity index (χ0) is 19.3. The van der Waals surface area contributed by atoms with Crippen molar-refractivity contribution in [2.24, 2.45) is 11.8 Å². The van der Waals surface area contributed by atoms with Crippen molar-refractivity contribution in [3.05, 3.63) is 0 Å². The standard InChI is InChI=1S/C20H31N5O3/c1-26-20-22-16-17(21)23-19(28-12-9-14-7-8-14)24-18(16)25(20)10-3-2-5-15-6-4-11-27-13-15/h14-15H,2-13H2,1H3,(H2,21,23,24). The van der Waals surface area contributed by atoms with Gasteiger partial charge in [0.2, 0.25) is 0 Å². The number of methoxy groups -OCH3 is 1. The van der Waals surface area contributed by atoms with Crippen LogP contribution in [0, 0.1) is 11.8 Å². The summed E-state index contributed by atoms with van der Waals surface area (Å²) >= 11 is 0. The van der Waals surface area contributed by atoms with Gasteiger partial charge in [-0.25, -0.2) is 0 Å². The van der Waals surface area contributed by atoms with E-state index in [1.54, 1.807) is 7.11 Å². The molecule has 2 fully saturated rings. The smallest absolute Gasteiger partial charge is 0.320 e. The van der Waals surface area contributed by atoms with E-state index in [1.807, 2.05) is 4.57 Å². The third kappa shape index (κ3) is 4.66. The SMILES string of the molecule is COc1nc2c(N)nc(OCCC3CC3)nc2n1CCCCC1CCCOC1. The fourth-order valence-electron chi connectivity index (χ4n) is 3.86. The molecule has 1 unspecified atom stereocenters. The van der Waals surface area contributed by atoms with Crippen molar-refractivity contribution in [2.45, 2.75) is 57.9 Å². The molecule has 0 radical (unpaired) electrons. The molecule has 2 aromatic heterocycles. The highest BCUT2D eigenvalue weighted by atomic mass is 16.5. The number of nitrogens with zero attached hydrogens (tertiary/aromatic N) is 4. The second kappa shape index (κ2) is 8.94. The summed E-state index contributed by atoms with van der Waals surface area (Å²) in [5.74, 6) is 1.84. The minimum atomic E-state index is 0.328. The van der Waals surface area contributed by atoms with Crippen molar-refractivity contribution in [1.29, 1.82) is 0 Å². The Morgan fingerprint density at radius 1 is 1.11 bits per heavy atom. The van der Waals surface area contributed by atoms with Crippen LogP contribution in [0.25, 0.3) is 11.2 Å². The Kier molecular flexibility index (Phi) is 6.14. The van der Waals surface area contributed by atoms with E-state index in [-0.39, 0.29) is 0 Å². The number of unbranched alkanes of at least 4 members (excludes halogenated alkanes) is 1. The van der Waals surface area contributed by atoms with E-state index >= 15 is 0 Å². The number of imidazole rings is 1. The first-order chi connectivity index (χ1) is 13.7. The number of aryl methyl sites for hydroxylation is 1. The molecule has 1 aliphatic heterocycles. The molecule has 8 nitrogen and oxygen atoms in total. The number of anilines is 1. The Balaban J connectivity index is 1.41. The summed E-state index contributed by atoms with van der Waals surface area (Å²) in [5.41, 5.74) is 7.38. The first-order valence-electron chi connectivity index (χ1n) is 10.5. The van der Waals surface area contributed by atoms with Gasteiger partial charge < -0.3 is 19.9 Å². The van der Waals surface area contributed by atoms with E-state index in [1.165, 1.54) is 32.1 Å². The summed E-state index contributed by atoms with van der Waals surface area (Å²) in [6.07, 6.45) is 9.50. The Hall–Kier alpha value is -2.09. The minimum Gasteiger partial charge on any atom is -0.468 e. The Morgan fingerprint density at radius 3 is 2.75 bits per heavy atom. The first-order valence-corrected chi connectivity index (χ1v) is 10.5. The molecule has 2 aromatic rings. The van der Waals surface area contributed by atoms with E-state index in [9.17, 15) is 0 Å². The molecule has 28 heavy (non-hydrogen) atoms. The van der Waals surface area contributed by atoms with Gasteiger partial charge in [-0.1, -0.05) is 19.3 Å². The summed E-state index contributed by atoms with van der Waals surface area (Å²) in [4.78, 5) is 13.3. The molecule has 2 N–H and O–H groups in total. The number of aromatic nitrogens is 4. The maximum atomic E-state index is 6.11. The number of hydrogen-bond donors (Lipinski definition) is 1. The Labute approximate surface area is 165 Å². The van der Waals surface area contributed by atoms with Crippen molar-refractivity contribution in [3.8, 4) is 12.0 Å². The van der Waals surface area contributed by atoms with Gasteiger partial charge in [0.25, 0.3) is 6.01 Å². The predicted octanol–water partition coefficient (Wildman–Crippen LogP) is 3.19. The third-order valence-corrected chi connectivity index (χ3v) is 5.70. The lowest BCUT2D eigenvalue weighted by atomic mass is 9.96. The van der Waals surface area contributed by atoms with E-state index in [2.05, 4.69) is 15.0 Å². The van der Waals surface area contributed by atoms with Crippen LogP contribution in [0.5, 0.6) is 12.0 Å². The second-order valence-corrected chi connectivity index (χ2v) is 7.97. The van der Waals surface area contributed by atoms with Crippen LogP contribution in [0.4, 0.5) is 5.82 Å². The quantitative estimate of drug-likeness (QED) is 0.623. The van der Waals surface area contributed by atoms with Crippen LogP contribution in [0.3, 0.4) is 0 Å². The summed E-state index contributed by atoms with van der Waals surface area (Å²) in [7, 11) is 1.62. The molecule has 0 amide bonds. The van der Waals surface area contributed by atoms with Gasteiger partial charge in [-0.15, -0.1) is 0 Å². The largest absolute Gasteiger partial charge is 0.468 e. The lowest BCUT2D eigenvalue weighted by Crippen LogP contribution is -2.17. The third-order valence-electron chi connectivity index (χ3n) is 5.70. The molecule has 1 atom stereocenters. The second-order valence-electron chi connectivity index (χ2n) is 7.97. The maximum Gasteiger partial charge on any atom is 0.320 e. The highest BCUT2D eigenvalue weighted by Crippen LogP contribution is 2.32. The summed E-state index contributed by atoms with van der Waals surface area (Å²) in [6, 6.07) is 0.848. The van der Waals surface area contributed by atoms with Crippen LogP contribution < -0.4 is 15.2 Å². The first kappa shape index (κ1) is 19.2. The van der Waals surface area contributed by atoms with Crippen molar-refractivity contribution in [3.63, 3.8) is 0 Å². The molecular weight excluding hydrogens is 358 g/mol. The normalized spacial score (nSPS) is 19.8. The number of nitrogen functional groups attached to an aromatic ring is 1. The molecule has 0 bridgehead atoms. The van der Waals surface area contributed by atoms with Crippen molar-refractivity contribution >= 4 is 17.0 Å². The van der Waals surface area contributed by atoms with Gasteiger partial charge in [0.1, 0.15) is 0 Å². The number of hydrogen-bond acceptors (Lipinski definition) is 7. The Morgan fingerprint density at radius 2 is 2.00 bits per heavy atom. The predicted molar refractivity (Wildman–Crippen MR) is 107 cm³/mol. The summed E-state index contributed by atoms with van der Waals surface area (Å²) in [5, 5.41) is 0. The average Bonchev–Trinajstić information content (AvgIpc) is 3.46. The summed E-state index contributed by atoms with van der Waals surface area (Å²) < 4.78 is 18.8.